The maximum atomic E-state index is 13.8. The third kappa shape index (κ3) is 5.32. The fraction of sp³-hybridized carbons (Fsp3) is 0.593. The second-order valence-corrected chi connectivity index (χ2v) is 10.9. The summed E-state index contributed by atoms with van der Waals surface area (Å²) in [5.41, 5.74) is 3.50. The van der Waals surface area contributed by atoms with Crippen LogP contribution in [-0.4, -0.2) is 72.3 Å². The number of nitrogens with zero attached hydrogens (tertiary/aromatic N) is 4. The molecule has 1 aromatic carbocycles. The van der Waals surface area contributed by atoms with E-state index in [2.05, 4.69) is 34.0 Å². The second-order valence-electron chi connectivity index (χ2n) is 10.5. The number of hydrogen-bond donors (Lipinski definition) is 1. The minimum atomic E-state index is -0.248. The lowest BCUT2D eigenvalue weighted by Gasteiger charge is -2.39. The number of aromatic nitrogens is 2. The van der Waals surface area contributed by atoms with Crippen LogP contribution in [0, 0.1) is 0 Å². The van der Waals surface area contributed by atoms with Gasteiger partial charge in [-0.1, -0.05) is 30.7 Å². The van der Waals surface area contributed by atoms with Crippen LogP contribution < -0.4 is 10.2 Å². The van der Waals surface area contributed by atoms with Crippen LogP contribution in [0.3, 0.4) is 0 Å². The molecule has 2 saturated heterocycles. The Morgan fingerprint density at radius 2 is 1.89 bits per heavy atom. The summed E-state index contributed by atoms with van der Waals surface area (Å²) in [7, 11) is 0. The molecule has 0 radical (unpaired) electrons. The van der Waals surface area contributed by atoms with E-state index in [4.69, 9.17) is 16.3 Å². The maximum absolute atomic E-state index is 13.8. The highest BCUT2D eigenvalue weighted by Crippen LogP contribution is 2.37. The summed E-state index contributed by atoms with van der Waals surface area (Å²) in [5, 5.41) is 4.40. The van der Waals surface area contributed by atoms with E-state index in [1.807, 2.05) is 29.2 Å². The Morgan fingerprint density at radius 1 is 1.17 bits per heavy atom. The number of piperazine rings is 1. The first kappa shape index (κ1) is 24.5. The number of carbonyl (C=O) groups excluding carboxylic acids is 1. The van der Waals surface area contributed by atoms with Crippen LogP contribution in [-0.2, 0) is 16.0 Å². The van der Waals surface area contributed by atoms with E-state index in [-0.39, 0.29) is 17.4 Å². The van der Waals surface area contributed by atoms with Gasteiger partial charge in [0.2, 0.25) is 5.91 Å². The lowest BCUT2D eigenvalue weighted by atomic mass is 9.90. The zero-order valence-corrected chi connectivity index (χ0v) is 21.6. The molecule has 2 atom stereocenters. The molecule has 0 unspecified atom stereocenters. The first-order chi connectivity index (χ1) is 16.9. The molecule has 2 aliphatic heterocycles. The summed E-state index contributed by atoms with van der Waals surface area (Å²) in [4.78, 5) is 27.3. The number of rotatable bonds is 6. The van der Waals surface area contributed by atoms with Gasteiger partial charge in [-0.2, -0.15) is 0 Å². The number of aryl methyl sites for hydroxylation is 1. The summed E-state index contributed by atoms with van der Waals surface area (Å²) in [5.74, 6) is 1.49. The molecule has 0 saturated carbocycles. The average molecular weight is 498 g/mol. The van der Waals surface area contributed by atoms with E-state index in [0.29, 0.717) is 30.6 Å². The molecule has 188 valence electrons. The second kappa shape index (κ2) is 10.4. The van der Waals surface area contributed by atoms with Crippen molar-refractivity contribution in [1.82, 2.24) is 20.2 Å². The molecule has 1 N–H and O–H groups in total. The molecule has 3 heterocycles. The maximum Gasteiger partial charge on any atom is 0.231 e. The summed E-state index contributed by atoms with van der Waals surface area (Å²) >= 11 is 6.15. The summed E-state index contributed by atoms with van der Waals surface area (Å²) in [6.07, 6.45) is 5.78. The topological polar surface area (TPSA) is 70.6 Å². The Morgan fingerprint density at radius 3 is 2.60 bits per heavy atom. The molecular formula is C27H36ClN5O2. The fourth-order valence-electron chi connectivity index (χ4n) is 5.62. The van der Waals surface area contributed by atoms with Crippen molar-refractivity contribution in [3.8, 4) is 0 Å². The lowest BCUT2D eigenvalue weighted by molar-refractivity contribution is -0.133. The SMILES string of the molecule is C[C@@H]1CCc2ncnc(N3CCN(C(=O)[C@H](CNC4(C)CCOCC4)c4ccc(Cl)cc4)CC3)c21. The quantitative estimate of drug-likeness (QED) is 0.655. The van der Waals surface area contributed by atoms with Crippen molar-refractivity contribution >= 4 is 23.3 Å². The number of ether oxygens (including phenoxy) is 1. The van der Waals surface area contributed by atoms with Crippen molar-refractivity contribution in [2.45, 2.75) is 56.9 Å². The lowest BCUT2D eigenvalue weighted by Crippen LogP contribution is -2.53. The smallest absolute Gasteiger partial charge is 0.231 e. The first-order valence-electron chi connectivity index (χ1n) is 12.9. The zero-order chi connectivity index (χ0) is 24.4. The molecule has 5 rings (SSSR count). The predicted octanol–water partition coefficient (Wildman–Crippen LogP) is 3.77. The normalized spacial score (nSPS) is 22.7. The van der Waals surface area contributed by atoms with Crippen LogP contribution in [0.1, 0.15) is 61.8 Å². The molecule has 2 aromatic rings. The first-order valence-corrected chi connectivity index (χ1v) is 13.3. The van der Waals surface area contributed by atoms with E-state index < -0.39 is 0 Å². The van der Waals surface area contributed by atoms with Gasteiger partial charge in [-0.15, -0.1) is 0 Å². The van der Waals surface area contributed by atoms with Crippen molar-refractivity contribution in [3.05, 3.63) is 52.4 Å². The number of benzene rings is 1. The molecule has 35 heavy (non-hydrogen) atoms. The minimum absolute atomic E-state index is 0.00795. The third-order valence-electron chi connectivity index (χ3n) is 8.04. The van der Waals surface area contributed by atoms with E-state index in [9.17, 15) is 4.79 Å². The Kier molecular flexibility index (Phi) is 7.28. The van der Waals surface area contributed by atoms with Crippen molar-refractivity contribution in [2.24, 2.45) is 0 Å². The van der Waals surface area contributed by atoms with Crippen LogP contribution in [0.2, 0.25) is 5.02 Å². The fourth-order valence-corrected chi connectivity index (χ4v) is 5.75. The third-order valence-corrected chi connectivity index (χ3v) is 8.29. The average Bonchev–Trinajstić information content (AvgIpc) is 3.26. The van der Waals surface area contributed by atoms with Crippen molar-refractivity contribution in [1.29, 1.82) is 0 Å². The number of nitrogens with one attached hydrogen (secondary N) is 1. The number of fused-ring (bicyclic) bond motifs is 1. The standard InChI is InChI=1S/C27H36ClN5O2/c1-19-3-8-23-24(19)25(30-18-29-23)32-11-13-33(14-12-32)26(34)22(20-4-6-21(28)7-5-20)17-31-27(2)9-15-35-16-10-27/h4-7,18-19,22,31H,3,8-17H2,1-2H3/t19-,22-/m1/s1. The molecule has 1 aliphatic carbocycles. The predicted molar refractivity (Wildman–Crippen MR) is 138 cm³/mol. The van der Waals surface area contributed by atoms with Crippen LogP contribution in [0.5, 0.6) is 0 Å². The number of hydrogen-bond acceptors (Lipinski definition) is 6. The summed E-state index contributed by atoms with van der Waals surface area (Å²) in [6.45, 7) is 9.60. The van der Waals surface area contributed by atoms with Gasteiger partial charge in [0.1, 0.15) is 12.1 Å². The van der Waals surface area contributed by atoms with Gasteiger partial charge >= 0.3 is 0 Å². The Bertz CT molecular complexity index is 1030. The highest BCUT2D eigenvalue weighted by molar-refractivity contribution is 6.30. The number of halogens is 1. The molecule has 3 aliphatic rings. The van der Waals surface area contributed by atoms with E-state index in [1.165, 1.54) is 11.3 Å². The summed E-state index contributed by atoms with van der Waals surface area (Å²) < 4.78 is 5.55. The number of carbonyl (C=O) groups is 1. The van der Waals surface area contributed by atoms with Gasteiger partial charge in [0, 0.05) is 67.8 Å². The van der Waals surface area contributed by atoms with E-state index in [0.717, 1.165) is 63.4 Å². The van der Waals surface area contributed by atoms with Crippen molar-refractivity contribution in [2.75, 3.05) is 50.8 Å². The van der Waals surface area contributed by atoms with E-state index >= 15 is 0 Å². The van der Waals surface area contributed by atoms with Crippen LogP contribution in [0.4, 0.5) is 5.82 Å². The van der Waals surface area contributed by atoms with Gasteiger partial charge in [0.05, 0.1) is 5.92 Å². The molecule has 2 fully saturated rings. The largest absolute Gasteiger partial charge is 0.381 e. The zero-order valence-electron chi connectivity index (χ0n) is 20.8. The molecule has 0 bridgehead atoms. The van der Waals surface area contributed by atoms with Crippen molar-refractivity contribution < 1.29 is 9.53 Å². The van der Waals surface area contributed by atoms with Gasteiger partial charge in [-0.3, -0.25) is 4.79 Å². The van der Waals surface area contributed by atoms with Crippen molar-refractivity contribution in [3.63, 3.8) is 0 Å². The summed E-state index contributed by atoms with van der Waals surface area (Å²) in [6, 6.07) is 7.73. The monoisotopic (exact) mass is 497 g/mol. The Labute approximate surface area is 213 Å². The van der Waals surface area contributed by atoms with Gasteiger partial charge in [0.25, 0.3) is 0 Å². The van der Waals surface area contributed by atoms with Gasteiger partial charge in [-0.25, -0.2) is 9.97 Å². The Hall–Kier alpha value is -2.22. The van der Waals surface area contributed by atoms with Crippen LogP contribution in [0.15, 0.2) is 30.6 Å². The van der Waals surface area contributed by atoms with Gasteiger partial charge in [-0.05, 0) is 56.2 Å². The van der Waals surface area contributed by atoms with Crippen LogP contribution >= 0.6 is 11.6 Å². The van der Waals surface area contributed by atoms with Crippen LogP contribution in [0.25, 0.3) is 0 Å². The Balaban J connectivity index is 1.28. The highest BCUT2D eigenvalue weighted by atomic mass is 35.5. The van der Waals surface area contributed by atoms with E-state index in [1.54, 1.807) is 6.33 Å². The highest BCUT2D eigenvalue weighted by Gasteiger charge is 2.34. The molecule has 8 heteroatoms. The number of amides is 1. The van der Waals surface area contributed by atoms with Gasteiger partial charge in [0.15, 0.2) is 0 Å². The van der Waals surface area contributed by atoms with Gasteiger partial charge < -0.3 is 19.9 Å². The minimum Gasteiger partial charge on any atom is -0.381 e. The molecule has 0 spiro atoms. The number of anilines is 1. The molecule has 1 aromatic heterocycles. The molecule has 7 nitrogen and oxygen atoms in total. The molecular weight excluding hydrogens is 462 g/mol. The molecule has 1 amide bonds.